The average molecular weight is 268 g/mol. The SMILES string of the molecule is C[C@@H](N)c1ccccc1OCc1ccc(Cl)s1. The Labute approximate surface area is 110 Å². The zero-order valence-corrected chi connectivity index (χ0v) is 11.1. The molecule has 0 saturated heterocycles. The van der Waals surface area contributed by atoms with Crippen molar-refractivity contribution in [2.45, 2.75) is 19.6 Å². The third-order valence-corrected chi connectivity index (χ3v) is 3.61. The molecule has 0 bridgehead atoms. The molecule has 2 nitrogen and oxygen atoms in total. The largest absolute Gasteiger partial charge is 0.488 e. The van der Waals surface area contributed by atoms with Gasteiger partial charge in [-0.2, -0.15) is 0 Å². The Morgan fingerprint density at radius 2 is 2.06 bits per heavy atom. The van der Waals surface area contributed by atoms with Crippen molar-refractivity contribution in [2.75, 3.05) is 0 Å². The van der Waals surface area contributed by atoms with E-state index in [4.69, 9.17) is 22.1 Å². The van der Waals surface area contributed by atoms with Crippen LogP contribution >= 0.6 is 22.9 Å². The van der Waals surface area contributed by atoms with Gasteiger partial charge < -0.3 is 10.5 Å². The highest BCUT2D eigenvalue weighted by Gasteiger charge is 2.07. The van der Waals surface area contributed by atoms with E-state index in [0.29, 0.717) is 6.61 Å². The van der Waals surface area contributed by atoms with Crippen molar-refractivity contribution in [2.24, 2.45) is 5.73 Å². The molecule has 0 aliphatic rings. The summed E-state index contributed by atoms with van der Waals surface area (Å²) >= 11 is 7.40. The first-order valence-electron chi connectivity index (χ1n) is 5.38. The fraction of sp³-hybridized carbons (Fsp3) is 0.231. The maximum absolute atomic E-state index is 5.89. The molecular formula is C13H14ClNOS. The molecule has 2 rings (SSSR count). The van der Waals surface area contributed by atoms with Gasteiger partial charge in [0.05, 0.1) is 4.34 Å². The molecule has 0 aliphatic heterocycles. The highest BCUT2D eigenvalue weighted by atomic mass is 35.5. The van der Waals surface area contributed by atoms with Crippen LogP contribution in [0, 0.1) is 0 Å². The first-order valence-corrected chi connectivity index (χ1v) is 6.58. The number of ether oxygens (including phenoxy) is 1. The summed E-state index contributed by atoms with van der Waals surface area (Å²) in [4.78, 5) is 1.11. The van der Waals surface area contributed by atoms with Crippen LogP contribution in [0.5, 0.6) is 5.75 Å². The predicted octanol–water partition coefficient (Wildman–Crippen LogP) is 4.00. The summed E-state index contributed by atoms with van der Waals surface area (Å²) in [7, 11) is 0. The third kappa shape index (κ3) is 3.22. The monoisotopic (exact) mass is 267 g/mol. The maximum Gasteiger partial charge on any atom is 0.124 e. The molecule has 0 spiro atoms. The van der Waals surface area contributed by atoms with Gasteiger partial charge in [0.2, 0.25) is 0 Å². The van der Waals surface area contributed by atoms with Crippen LogP contribution in [0.3, 0.4) is 0 Å². The zero-order chi connectivity index (χ0) is 12.3. The molecule has 4 heteroatoms. The fourth-order valence-electron chi connectivity index (χ4n) is 1.57. The Balaban J connectivity index is 2.08. The smallest absolute Gasteiger partial charge is 0.124 e. The lowest BCUT2D eigenvalue weighted by molar-refractivity contribution is 0.305. The van der Waals surface area contributed by atoms with E-state index in [9.17, 15) is 0 Å². The van der Waals surface area contributed by atoms with Gasteiger partial charge in [0, 0.05) is 16.5 Å². The molecule has 1 aromatic carbocycles. The van der Waals surface area contributed by atoms with Crippen LogP contribution in [0.25, 0.3) is 0 Å². The Hall–Kier alpha value is -1.03. The highest BCUT2D eigenvalue weighted by Crippen LogP contribution is 2.26. The Morgan fingerprint density at radius 3 is 2.71 bits per heavy atom. The molecule has 0 radical (unpaired) electrons. The normalized spacial score (nSPS) is 12.4. The number of benzene rings is 1. The minimum atomic E-state index is -0.0295. The van der Waals surface area contributed by atoms with Gasteiger partial charge in [-0.15, -0.1) is 11.3 Å². The molecule has 0 unspecified atom stereocenters. The van der Waals surface area contributed by atoms with E-state index >= 15 is 0 Å². The minimum absolute atomic E-state index is 0.0295. The Kier molecular flexibility index (Phi) is 4.05. The topological polar surface area (TPSA) is 35.2 Å². The molecular weight excluding hydrogens is 254 g/mol. The fourth-order valence-corrected chi connectivity index (χ4v) is 2.57. The van der Waals surface area contributed by atoms with E-state index in [1.54, 1.807) is 0 Å². The Bertz CT molecular complexity index is 496. The van der Waals surface area contributed by atoms with Gasteiger partial charge >= 0.3 is 0 Å². The average Bonchev–Trinajstić information content (AvgIpc) is 2.73. The summed E-state index contributed by atoms with van der Waals surface area (Å²) in [5.41, 5.74) is 6.91. The van der Waals surface area contributed by atoms with E-state index in [-0.39, 0.29) is 6.04 Å². The second-order valence-corrected chi connectivity index (χ2v) is 5.62. The van der Waals surface area contributed by atoms with Crippen LogP contribution in [-0.2, 0) is 6.61 Å². The van der Waals surface area contributed by atoms with Gasteiger partial charge in [-0.1, -0.05) is 29.8 Å². The van der Waals surface area contributed by atoms with Crippen LogP contribution in [0.15, 0.2) is 36.4 Å². The quantitative estimate of drug-likeness (QED) is 0.909. The van der Waals surface area contributed by atoms with E-state index in [1.807, 2.05) is 43.3 Å². The van der Waals surface area contributed by atoms with Gasteiger partial charge in [-0.25, -0.2) is 0 Å². The van der Waals surface area contributed by atoms with E-state index in [2.05, 4.69) is 0 Å². The number of thiophene rings is 1. The van der Waals surface area contributed by atoms with E-state index in [0.717, 1.165) is 20.5 Å². The lowest BCUT2D eigenvalue weighted by atomic mass is 10.1. The van der Waals surface area contributed by atoms with Crippen LogP contribution < -0.4 is 10.5 Å². The summed E-state index contributed by atoms with van der Waals surface area (Å²) in [5.74, 6) is 0.840. The molecule has 17 heavy (non-hydrogen) atoms. The lowest BCUT2D eigenvalue weighted by Crippen LogP contribution is -2.07. The van der Waals surface area contributed by atoms with Crippen molar-refractivity contribution in [3.63, 3.8) is 0 Å². The van der Waals surface area contributed by atoms with Crippen molar-refractivity contribution in [1.82, 2.24) is 0 Å². The number of para-hydroxylation sites is 1. The molecule has 0 amide bonds. The van der Waals surface area contributed by atoms with Crippen molar-refractivity contribution >= 4 is 22.9 Å². The standard InChI is InChI=1S/C13H14ClNOS/c1-9(15)11-4-2-3-5-12(11)16-8-10-6-7-13(14)17-10/h2-7,9H,8,15H2,1H3/t9-/m1/s1. The van der Waals surface area contributed by atoms with E-state index < -0.39 is 0 Å². The second kappa shape index (κ2) is 5.54. The third-order valence-electron chi connectivity index (χ3n) is 2.41. The molecule has 0 fully saturated rings. The van der Waals surface area contributed by atoms with Gasteiger partial charge in [-0.05, 0) is 25.1 Å². The number of nitrogens with two attached hydrogens (primary N) is 1. The van der Waals surface area contributed by atoms with Gasteiger partial charge in [0.15, 0.2) is 0 Å². The summed E-state index contributed by atoms with van der Waals surface area (Å²) in [5, 5.41) is 0. The van der Waals surface area contributed by atoms with Crippen molar-refractivity contribution in [1.29, 1.82) is 0 Å². The van der Waals surface area contributed by atoms with Crippen molar-refractivity contribution < 1.29 is 4.74 Å². The number of hydrogen-bond acceptors (Lipinski definition) is 3. The van der Waals surface area contributed by atoms with Gasteiger partial charge in [0.25, 0.3) is 0 Å². The number of halogens is 1. The van der Waals surface area contributed by atoms with Crippen LogP contribution in [0.4, 0.5) is 0 Å². The van der Waals surface area contributed by atoms with Crippen molar-refractivity contribution in [3.8, 4) is 5.75 Å². The van der Waals surface area contributed by atoms with Crippen LogP contribution in [0.1, 0.15) is 23.4 Å². The predicted molar refractivity (Wildman–Crippen MR) is 72.7 cm³/mol. The summed E-state index contributed by atoms with van der Waals surface area (Å²) < 4.78 is 6.55. The zero-order valence-electron chi connectivity index (χ0n) is 9.52. The number of hydrogen-bond donors (Lipinski definition) is 1. The molecule has 0 saturated carbocycles. The summed E-state index contributed by atoms with van der Waals surface area (Å²) in [6.45, 7) is 2.48. The molecule has 1 aromatic heterocycles. The minimum Gasteiger partial charge on any atom is -0.488 e. The molecule has 0 aliphatic carbocycles. The van der Waals surface area contributed by atoms with Gasteiger partial charge in [0.1, 0.15) is 12.4 Å². The highest BCUT2D eigenvalue weighted by molar-refractivity contribution is 7.16. The van der Waals surface area contributed by atoms with Crippen molar-refractivity contribution in [3.05, 3.63) is 51.2 Å². The van der Waals surface area contributed by atoms with Gasteiger partial charge in [-0.3, -0.25) is 0 Å². The maximum atomic E-state index is 5.89. The van der Waals surface area contributed by atoms with E-state index in [1.165, 1.54) is 11.3 Å². The van der Waals surface area contributed by atoms with Crippen LogP contribution in [0.2, 0.25) is 4.34 Å². The summed E-state index contributed by atoms with van der Waals surface area (Å²) in [6.07, 6.45) is 0. The molecule has 1 heterocycles. The lowest BCUT2D eigenvalue weighted by Gasteiger charge is -2.13. The Morgan fingerprint density at radius 1 is 1.29 bits per heavy atom. The second-order valence-electron chi connectivity index (χ2n) is 3.82. The molecule has 1 atom stereocenters. The van der Waals surface area contributed by atoms with Crippen LogP contribution in [-0.4, -0.2) is 0 Å². The summed E-state index contributed by atoms with van der Waals surface area (Å²) in [6, 6.07) is 11.7. The molecule has 90 valence electrons. The first kappa shape index (κ1) is 12.4. The molecule has 2 N–H and O–H groups in total. The molecule has 2 aromatic rings. The number of rotatable bonds is 4. The first-order chi connectivity index (χ1) is 8.16.